The maximum atomic E-state index is 12.2. The Morgan fingerprint density at radius 3 is 2.95 bits per heavy atom. The van der Waals surface area contributed by atoms with Gasteiger partial charge in [-0.1, -0.05) is 11.6 Å². The Labute approximate surface area is 125 Å². The van der Waals surface area contributed by atoms with E-state index in [4.69, 9.17) is 11.6 Å². The highest BCUT2D eigenvalue weighted by Gasteiger charge is 2.13. The summed E-state index contributed by atoms with van der Waals surface area (Å²) in [6.45, 7) is 1.96. The summed E-state index contributed by atoms with van der Waals surface area (Å²) < 4.78 is 1.76. The lowest BCUT2D eigenvalue weighted by Gasteiger charge is -2.05. The molecule has 106 valence electrons. The molecule has 21 heavy (non-hydrogen) atoms. The fraction of sp³-hybridized carbons (Fsp3) is 0.0667. The van der Waals surface area contributed by atoms with Crippen LogP contribution in [0.5, 0.6) is 5.75 Å². The Balaban J connectivity index is 1.91. The molecule has 0 radical (unpaired) electrons. The van der Waals surface area contributed by atoms with E-state index in [1.165, 1.54) is 12.1 Å². The van der Waals surface area contributed by atoms with Crippen LogP contribution in [0.4, 0.5) is 5.69 Å². The highest BCUT2D eigenvalue weighted by molar-refractivity contribution is 6.31. The normalized spacial score (nSPS) is 10.8. The van der Waals surface area contributed by atoms with Gasteiger partial charge in [0.25, 0.3) is 5.91 Å². The molecule has 0 aliphatic rings. The number of phenolic OH excluding ortho intramolecular Hbond substituents is 1. The Morgan fingerprint density at radius 1 is 1.33 bits per heavy atom. The average molecular weight is 302 g/mol. The lowest BCUT2D eigenvalue weighted by molar-refractivity contribution is 0.102. The molecule has 2 aromatic heterocycles. The minimum absolute atomic E-state index is 0.0487. The van der Waals surface area contributed by atoms with Crippen molar-refractivity contribution in [3.05, 3.63) is 59.0 Å². The van der Waals surface area contributed by atoms with E-state index in [2.05, 4.69) is 10.3 Å². The fourth-order valence-corrected chi connectivity index (χ4v) is 2.16. The standard InChI is InChI=1S/C15H12ClN3O2/c1-9-4-5-19-8-12(17-14(19)6-9)15(21)18-11-7-10(16)2-3-13(11)20/h2-8,20H,1H3,(H,18,21). The van der Waals surface area contributed by atoms with Crippen molar-refractivity contribution < 1.29 is 9.90 Å². The number of rotatable bonds is 2. The van der Waals surface area contributed by atoms with Gasteiger partial charge in [0, 0.05) is 17.4 Å². The van der Waals surface area contributed by atoms with Crippen molar-refractivity contribution in [2.75, 3.05) is 5.32 Å². The molecule has 0 aliphatic heterocycles. The first-order valence-electron chi connectivity index (χ1n) is 6.28. The topological polar surface area (TPSA) is 66.6 Å². The van der Waals surface area contributed by atoms with Gasteiger partial charge in [-0.15, -0.1) is 0 Å². The number of carbonyl (C=O) groups is 1. The van der Waals surface area contributed by atoms with Crippen LogP contribution in [-0.4, -0.2) is 20.4 Å². The van der Waals surface area contributed by atoms with Crippen LogP contribution >= 0.6 is 11.6 Å². The number of carbonyl (C=O) groups excluding carboxylic acids is 1. The van der Waals surface area contributed by atoms with E-state index >= 15 is 0 Å². The number of hydrogen-bond acceptors (Lipinski definition) is 3. The van der Waals surface area contributed by atoms with Gasteiger partial charge in [-0.2, -0.15) is 0 Å². The van der Waals surface area contributed by atoms with E-state index in [1.807, 2.05) is 25.3 Å². The lowest BCUT2D eigenvalue weighted by Crippen LogP contribution is -2.12. The summed E-state index contributed by atoms with van der Waals surface area (Å²) in [6.07, 6.45) is 3.47. The number of amides is 1. The number of hydrogen-bond donors (Lipinski definition) is 2. The number of fused-ring (bicyclic) bond motifs is 1. The second-order valence-corrected chi connectivity index (χ2v) is 5.15. The number of halogens is 1. The van der Waals surface area contributed by atoms with Gasteiger partial charge in [0.2, 0.25) is 0 Å². The smallest absolute Gasteiger partial charge is 0.275 e. The van der Waals surface area contributed by atoms with Crippen LogP contribution in [0.25, 0.3) is 5.65 Å². The van der Waals surface area contributed by atoms with Crippen LogP contribution < -0.4 is 5.32 Å². The third kappa shape index (κ3) is 2.68. The molecule has 0 aliphatic carbocycles. The molecule has 1 amide bonds. The van der Waals surface area contributed by atoms with E-state index < -0.39 is 5.91 Å². The minimum atomic E-state index is -0.408. The highest BCUT2D eigenvalue weighted by Crippen LogP contribution is 2.26. The van der Waals surface area contributed by atoms with Crippen molar-refractivity contribution in [1.29, 1.82) is 0 Å². The molecule has 3 aromatic rings. The maximum absolute atomic E-state index is 12.2. The Morgan fingerprint density at radius 2 is 2.14 bits per heavy atom. The second kappa shape index (κ2) is 5.10. The number of pyridine rings is 1. The minimum Gasteiger partial charge on any atom is -0.506 e. The lowest BCUT2D eigenvalue weighted by atomic mass is 10.3. The third-order valence-corrected chi connectivity index (χ3v) is 3.29. The second-order valence-electron chi connectivity index (χ2n) is 4.71. The molecule has 1 aromatic carbocycles. The van der Waals surface area contributed by atoms with E-state index in [-0.39, 0.29) is 17.1 Å². The number of nitrogens with one attached hydrogen (secondary N) is 1. The zero-order valence-electron chi connectivity index (χ0n) is 11.2. The maximum Gasteiger partial charge on any atom is 0.275 e. The van der Waals surface area contributed by atoms with Crippen molar-refractivity contribution >= 4 is 28.8 Å². The molecule has 5 nitrogen and oxygen atoms in total. The first kappa shape index (κ1) is 13.5. The monoisotopic (exact) mass is 301 g/mol. The van der Waals surface area contributed by atoms with E-state index in [9.17, 15) is 9.90 Å². The van der Waals surface area contributed by atoms with Crippen LogP contribution in [-0.2, 0) is 0 Å². The van der Waals surface area contributed by atoms with Gasteiger partial charge in [-0.3, -0.25) is 4.79 Å². The van der Waals surface area contributed by atoms with Crippen molar-refractivity contribution in [3.8, 4) is 5.75 Å². The molecule has 6 heteroatoms. The van der Waals surface area contributed by atoms with Crippen molar-refractivity contribution in [3.63, 3.8) is 0 Å². The largest absolute Gasteiger partial charge is 0.506 e. The SMILES string of the molecule is Cc1ccn2cc(C(=O)Nc3cc(Cl)ccc3O)nc2c1. The number of benzene rings is 1. The molecular weight excluding hydrogens is 290 g/mol. The van der Waals surface area contributed by atoms with Gasteiger partial charge in [-0.05, 0) is 42.8 Å². The van der Waals surface area contributed by atoms with E-state index in [0.29, 0.717) is 10.7 Å². The molecule has 0 saturated heterocycles. The molecule has 0 spiro atoms. The van der Waals surface area contributed by atoms with Crippen molar-refractivity contribution in [2.24, 2.45) is 0 Å². The quantitative estimate of drug-likeness (QED) is 0.714. The van der Waals surface area contributed by atoms with Crippen LogP contribution in [0.3, 0.4) is 0 Å². The Kier molecular flexibility index (Phi) is 3.27. The summed E-state index contributed by atoms with van der Waals surface area (Å²) in [7, 11) is 0. The number of aromatic nitrogens is 2. The van der Waals surface area contributed by atoms with Crippen LogP contribution in [0.15, 0.2) is 42.7 Å². The predicted molar refractivity (Wildman–Crippen MR) is 81.0 cm³/mol. The number of nitrogens with zero attached hydrogens (tertiary/aromatic N) is 2. The molecule has 0 saturated carbocycles. The molecule has 0 atom stereocenters. The van der Waals surface area contributed by atoms with Crippen LogP contribution in [0.2, 0.25) is 5.02 Å². The van der Waals surface area contributed by atoms with Gasteiger partial charge in [0.15, 0.2) is 0 Å². The Bertz CT molecular complexity index is 842. The fourth-order valence-electron chi connectivity index (χ4n) is 1.99. The number of anilines is 1. The van der Waals surface area contributed by atoms with Crippen LogP contribution in [0, 0.1) is 6.92 Å². The Hall–Kier alpha value is -2.53. The van der Waals surface area contributed by atoms with Gasteiger partial charge in [0.1, 0.15) is 17.1 Å². The van der Waals surface area contributed by atoms with Crippen molar-refractivity contribution in [2.45, 2.75) is 6.92 Å². The summed E-state index contributed by atoms with van der Waals surface area (Å²) in [5.74, 6) is -0.457. The summed E-state index contributed by atoms with van der Waals surface area (Å²) in [5.41, 5.74) is 2.27. The summed E-state index contributed by atoms with van der Waals surface area (Å²) in [6, 6.07) is 8.26. The first-order valence-corrected chi connectivity index (χ1v) is 6.66. The number of aryl methyl sites for hydroxylation is 1. The van der Waals surface area contributed by atoms with E-state index in [1.54, 1.807) is 16.7 Å². The van der Waals surface area contributed by atoms with Gasteiger partial charge in [0.05, 0.1) is 5.69 Å². The average Bonchev–Trinajstić information content (AvgIpc) is 2.86. The van der Waals surface area contributed by atoms with Crippen molar-refractivity contribution in [1.82, 2.24) is 9.38 Å². The van der Waals surface area contributed by atoms with Gasteiger partial charge >= 0.3 is 0 Å². The predicted octanol–water partition coefficient (Wildman–Crippen LogP) is 3.25. The van der Waals surface area contributed by atoms with Gasteiger partial charge in [-0.25, -0.2) is 4.98 Å². The number of aromatic hydroxyl groups is 1. The zero-order valence-corrected chi connectivity index (χ0v) is 11.9. The summed E-state index contributed by atoms with van der Waals surface area (Å²) in [5, 5.41) is 12.7. The van der Waals surface area contributed by atoms with E-state index in [0.717, 1.165) is 5.56 Å². The molecular formula is C15H12ClN3O2. The summed E-state index contributed by atoms with van der Waals surface area (Å²) >= 11 is 5.85. The molecule has 2 N–H and O–H groups in total. The molecule has 0 unspecified atom stereocenters. The number of imidazole rings is 1. The molecule has 3 rings (SSSR count). The number of phenols is 1. The molecule has 2 heterocycles. The first-order chi connectivity index (χ1) is 10.0. The third-order valence-electron chi connectivity index (χ3n) is 3.06. The van der Waals surface area contributed by atoms with Crippen LogP contribution in [0.1, 0.15) is 16.1 Å². The highest BCUT2D eigenvalue weighted by atomic mass is 35.5. The molecule has 0 bridgehead atoms. The zero-order chi connectivity index (χ0) is 15.0. The van der Waals surface area contributed by atoms with Gasteiger partial charge < -0.3 is 14.8 Å². The summed E-state index contributed by atoms with van der Waals surface area (Å²) in [4.78, 5) is 16.4. The molecule has 0 fully saturated rings.